The highest BCUT2D eigenvalue weighted by Gasteiger charge is 2.45. The van der Waals surface area contributed by atoms with Crippen molar-refractivity contribution >= 4 is 17.4 Å². The van der Waals surface area contributed by atoms with Crippen LogP contribution in [0.3, 0.4) is 0 Å². The van der Waals surface area contributed by atoms with Crippen molar-refractivity contribution in [2.75, 3.05) is 40.4 Å². The molecular weight excluding hydrogens is 408 g/mol. The zero-order chi connectivity index (χ0) is 23.3. The van der Waals surface area contributed by atoms with Crippen molar-refractivity contribution in [1.29, 1.82) is 0 Å². The molecule has 1 unspecified atom stereocenters. The molecule has 1 heterocycles. The van der Waals surface area contributed by atoms with Crippen LogP contribution in [0.1, 0.15) is 31.0 Å². The van der Waals surface area contributed by atoms with Crippen LogP contribution in [-0.2, 0) is 9.59 Å². The molecule has 1 amide bonds. The molecule has 1 saturated heterocycles. The number of methoxy groups -OCH3 is 2. The van der Waals surface area contributed by atoms with Gasteiger partial charge in [0.1, 0.15) is 17.3 Å². The number of ether oxygens (including phenoxy) is 2. The van der Waals surface area contributed by atoms with Crippen LogP contribution in [0.5, 0.6) is 11.5 Å². The number of ketones is 1. The van der Waals surface area contributed by atoms with E-state index in [2.05, 4.69) is 18.7 Å². The number of hydrogen-bond acceptors (Lipinski definition) is 6. The van der Waals surface area contributed by atoms with Crippen LogP contribution in [0.4, 0.5) is 0 Å². The highest BCUT2D eigenvalue weighted by Crippen LogP contribution is 2.39. The first-order valence-corrected chi connectivity index (χ1v) is 10.7. The van der Waals surface area contributed by atoms with E-state index in [1.165, 1.54) is 0 Å². The van der Waals surface area contributed by atoms with E-state index in [0.29, 0.717) is 30.2 Å². The molecular formula is C25H30N2O5. The van der Waals surface area contributed by atoms with Gasteiger partial charge in [-0.2, -0.15) is 0 Å². The van der Waals surface area contributed by atoms with Gasteiger partial charge in [0.2, 0.25) is 0 Å². The van der Waals surface area contributed by atoms with Gasteiger partial charge in [-0.3, -0.25) is 9.59 Å². The largest absolute Gasteiger partial charge is 0.507 e. The molecule has 0 spiro atoms. The second kappa shape index (κ2) is 10.3. The fourth-order valence-corrected chi connectivity index (χ4v) is 3.94. The van der Waals surface area contributed by atoms with Crippen molar-refractivity contribution in [2.24, 2.45) is 0 Å². The molecule has 1 fully saturated rings. The fraction of sp³-hybridized carbons (Fsp3) is 0.360. The van der Waals surface area contributed by atoms with E-state index >= 15 is 0 Å². The molecule has 0 aromatic heterocycles. The van der Waals surface area contributed by atoms with Crippen molar-refractivity contribution in [3.63, 3.8) is 0 Å². The van der Waals surface area contributed by atoms with E-state index in [-0.39, 0.29) is 11.3 Å². The number of Topliss-reactive ketones (excluding diaryl/α,β-unsaturated/α-hetero) is 1. The first kappa shape index (κ1) is 23.3. The fourth-order valence-electron chi connectivity index (χ4n) is 3.94. The lowest BCUT2D eigenvalue weighted by Crippen LogP contribution is -2.38. The van der Waals surface area contributed by atoms with Gasteiger partial charge in [0.25, 0.3) is 11.7 Å². The van der Waals surface area contributed by atoms with Crippen molar-refractivity contribution < 1.29 is 24.2 Å². The van der Waals surface area contributed by atoms with Crippen LogP contribution >= 0.6 is 0 Å². The maximum Gasteiger partial charge on any atom is 0.295 e. The minimum absolute atomic E-state index is 0.0879. The molecule has 3 rings (SSSR count). The quantitative estimate of drug-likeness (QED) is 0.367. The zero-order valence-corrected chi connectivity index (χ0v) is 19.0. The van der Waals surface area contributed by atoms with Crippen LogP contribution in [0.2, 0.25) is 0 Å². The summed E-state index contributed by atoms with van der Waals surface area (Å²) in [5.41, 5.74) is 1.27. The molecule has 1 aliphatic rings. The number of likely N-dealkylation sites (tertiary alicyclic amines) is 1. The topological polar surface area (TPSA) is 79.3 Å². The Kier molecular flexibility index (Phi) is 7.53. The Morgan fingerprint density at radius 1 is 0.938 bits per heavy atom. The van der Waals surface area contributed by atoms with Crippen LogP contribution in [0.15, 0.2) is 54.1 Å². The average molecular weight is 439 g/mol. The SMILES string of the molecule is CCN(CC)CCN1C(=O)C(=O)C(=C(O)c2ccc(OC)cc2)C1c1ccc(OC)cc1. The molecule has 0 bridgehead atoms. The minimum Gasteiger partial charge on any atom is -0.507 e. The van der Waals surface area contributed by atoms with Crippen molar-refractivity contribution in [1.82, 2.24) is 9.80 Å². The third kappa shape index (κ3) is 4.62. The first-order valence-electron chi connectivity index (χ1n) is 10.7. The summed E-state index contributed by atoms with van der Waals surface area (Å²) in [5, 5.41) is 11.1. The number of benzene rings is 2. The number of aliphatic hydroxyl groups is 1. The number of aliphatic hydroxyl groups excluding tert-OH is 1. The molecule has 1 N–H and O–H groups in total. The van der Waals surface area contributed by atoms with Crippen LogP contribution < -0.4 is 9.47 Å². The van der Waals surface area contributed by atoms with Gasteiger partial charge in [-0.25, -0.2) is 0 Å². The number of likely N-dealkylation sites (N-methyl/N-ethyl adjacent to an activating group) is 1. The molecule has 170 valence electrons. The number of carbonyl (C=O) groups excluding carboxylic acids is 2. The Bertz CT molecular complexity index is 978. The maximum absolute atomic E-state index is 13.1. The van der Waals surface area contributed by atoms with Gasteiger partial charge in [0, 0.05) is 18.7 Å². The highest BCUT2D eigenvalue weighted by molar-refractivity contribution is 6.46. The van der Waals surface area contributed by atoms with Crippen LogP contribution in [0, 0.1) is 0 Å². The van der Waals surface area contributed by atoms with Crippen molar-refractivity contribution in [3.05, 3.63) is 65.2 Å². The molecule has 7 nitrogen and oxygen atoms in total. The van der Waals surface area contributed by atoms with Gasteiger partial charge in [-0.05, 0) is 55.1 Å². The third-order valence-corrected chi connectivity index (χ3v) is 5.89. The molecule has 1 atom stereocenters. The van der Waals surface area contributed by atoms with Crippen molar-refractivity contribution in [2.45, 2.75) is 19.9 Å². The van der Waals surface area contributed by atoms with Crippen LogP contribution in [-0.4, -0.2) is 67.0 Å². The lowest BCUT2D eigenvalue weighted by molar-refractivity contribution is -0.140. The minimum atomic E-state index is -0.682. The Morgan fingerprint density at radius 2 is 1.47 bits per heavy atom. The Hall–Kier alpha value is -3.32. The number of carbonyl (C=O) groups is 2. The average Bonchev–Trinajstić information content (AvgIpc) is 3.09. The standard InChI is InChI=1S/C25H30N2O5/c1-5-26(6-2)15-16-27-22(17-7-11-19(31-3)12-8-17)21(24(29)25(27)30)23(28)18-9-13-20(32-4)14-10-18/h7-14,22,28H,5-6,15-16H2,1-4H3. The lowest BCUT2D eigenvalue weighted by atomic mass is 9.95. The van der Waals surface area contributed by atoms with Crippen LogP contribution in [0.25, 0.3) is 5.76 Å². The van der Waals surface area contributed by atoms with Gasteiger partial charge in [0.15, 0.2) is 0 Å². The molecule has 0 saturated carbocycles. The summed E-state index contributed by atoms with van der Waals surface area (Å²) in [4.78, 5) is 29.8. The van der Waals surface area contributed by atoms with E-state index < -0.39 is 17.7 Å². The van der Waals surface area contributed by atoms with E-state index in [9.17, 15) is 14.7 Å². The predicted molar refractivity (Wildman–Crippen MR) is 123 cm³/mol. The van der Waals surface area contributed by atoms with E-state index in [1.807, 2.05) is 12.1 Å². The van der Waals surface area contributed by atoms with Gasteiger partial charge in [-0.1, -0.05) is 26.0 Å². The maximum atomic E-state index is 13.1. The Labute approximate surface area is 188 Å². The third-order valence-electron chi connectivity index (χ3n) is 5.89. The van der Waals surface area contributed by atoms with E-state index in [1.54, 1.807) is 55.5 Å². The second-order valence-electron chi connectivity index (χ2n) is 7.52. The molecule has 0 radical (unpaired) electrons. The van der Waals surface area contributed by atoms with E-state index in [0.717, 1.165) is 18.7 Å². The summed E-state index contributed by atoms with van der Waals surface area (Å²) in [7, 11) is 3.13. The molecule has 2 aromatic carbocycles. The molecule has 7 heteroatoms. The van der Waals surface area contributed by atoms with Gasteiger partial charge >= 0.3 is 0 Å². The number of amides is 1. The summed E-state index contributed by atoms with van der Waals surface area (Å²) in [6.07, 6.45) is 0. The van der Waals surface area contributed by atoms with E-state index in [4.69, 9.17) is 9.47 Å². The Balaban J connectivity index is 2.07. The molecule has 0 aliphatic carbocycles. The summed E-state index contributed by atoms with van der Waals surface area (Å²) in [6.45, 7) is 6.82. The molecule has 32 heavy (non-hydrogen) atoms. The predicted octanol–water partition coefficient (Wildman–Crippen LogP) is 3.47. The number of rotatable bonds is 9. The first-order chi connectivity index (χ1) is 15.4. The highest BCUT2D eigenvalue weighted by atomic mass is 16.5. The molecule has 2 aromatic rings. The lowest BCUT2D eigenvalue weighted by Gasteiger charge is -2.28. The monoisotopic (exact) mass is 438 g/mol. The van der Waals surface area contributed by atoms with Gasteiger partial charge in [0.05, 0.1) is 25.8 Å². The normalized spacial score (nSPS) is 17.8. The number of nitrogens with zero attached hydrogens (tertiary/aromatic N) is 2. The molecule has 1 aliphatic heterocycles. The second-order valence-corrected chi connectivity index (χ2v) is 7.52. The van der Waals surface area contributed by atoms with Gasteiger partial charge < -0.3 is 24.4 Å². The summed E-state index contributed by atoms with van der Waals surface area (Å²) < 4.78 is 10.4. The summed E-state index contributed by atoms with van der Waals surface area (Å²) in [5.74, 6) is -0.180. The Morgan fingerprint density at radius 3 is 1.97 bits per heavy atom. The number of hydrogen-bond donors (Lipinski definition) is 1. The smallest absolute Gasteiger partial charge is 0.295 e. The zero-order valence-electron chi connectivity index (χ0n) is 19.0. The summed E-state index contributed by atoms with van der Waals surface area (Å²) >= 11 is 0. The summed E-state index contributed by atoms with van der Waals surface area (Å²) in [6, 6.07) is 13.3. The van der Waals surface area contributed by atoms with Gasteiger partial charge in [-0.15, -0.1) is 0 Å². The van der Waals surface area contributed by atoms with Crippen molar-refractivity contribution in [3.8, 4) is 11.5 Å².